The van der Waals surface area contributed by atoms with Crippen LogP contribution in [0.1, 0.15) is 44.9 Å². The van der Waals surface area contributed by atoms with Crippen molar-refractivity contribution in [2.75, 3.05) is 45.7 Å². The molecule has 0 spiro atoms. The number of rotatable bonds is 6. The summed E-state index contributed by atoms with van der Waals surface area (Å²) in [5.41, 5.74) is 0. The van der Waals surface area contributed by atoms with E-state index in [0.29, 0.717) is 12.1 Å². The van der Waals surface area contributed by atoms with E-state index in [4.69, 9.17) is 0 Å². The maximum Gasteiger partial charge on any atom is 0.191 e. The molecule has 2 heterocycles. The normalized spacial score (nSPS) is 21.5. The Balaban J connectivity index is 1.45. The second-order valence-corrected chi connectivity index (χ2v) is 9.17. The quantitative estimate of drug-likeness (QED) is 0.576. The SMILES string of the molecule is CN=C(NCC(C1CCCCC1)N(C)C)NC1CCN(c2cccs2)CC1. The summed E-state index contributed by atoms with van der Waals surface area (Å²) < 4.78 is 0. The van der Waals surface area contributed by atoms with Crippen LogP contribution in [-0.4, -0.2) is 63.7 Å². The fraction of sp³-hybridized carbons (Fsp3) is 0.762. The Labute approximate surface area is 169 Å². The molecule has 1 unspecified atom stereocenters. The summed E-state index contributed by atoms with van der Waals surface area (Å²) >= 11 is 1.84. The third-order valence-corrected chi connectivity index (χ3v) is 7.14. The standard InChI is InChI=1S/C21H37N5S/c1-22-21(23-16-19(25(2)3)17-8-5-4-6-9-17)24-18-11-13-26(14-12-18)20-10-7-15-27-20/h7,10,15,17-19H,4-6,8-9,11-14,16H2,1-3H3,(H2,22,23,24). The van der Waals surface area contributed by atoms with Gasteiger partial charge in [0.25, 0.3) is 0 Å². The van der Waals surface area contributed by atoms with Gasteiger partial charge in [-0.05, 0) is 63.2 Å². The Bertz CT molecular complexity index is 557. The van der Waals surface area contributed by atoms with Crippen molar-refractivity contribution in [2.24, 2.45) is 10.9 Å². The minimum absolute atomic E-state index is 0.514. The highest BCUT2D eigenvalue weighted by molar-refractivity contribution is 7.14. The zero-order valence-corrected chi connectivity index (χ0v) is 18.1. The third-order valence-electron chi connectivity index (χ3n) is 6.21. The van der Waals surface area contributed by atoms with E-state index in [-0.39, 0.29) is 0 Å². The lowest BCUT2D eigenvalue weighted by atomic mass is 9.83. The number of hydrogen-bond donors (Lipinski definition) is 2. The van der Waals surface area contributed by atoms with Crippen LogP contribution in [0.2, 0.25) is 0 Å². The Morgan fingerprint density at radius 2 is 1.96 bits per heavy atom. The molecule has 152 valence electrons. The highest BCUT2D eigenvalue weighted by atomic mass is 32.1. The summed E-state index contributed by atoms with van der Waals surface area (Å²) in [6.45, 7) is 3.22. The molecule has 5 nitrogen and oxygen atoms in total. The number of guanidine groups is 1. The molecule has 0 radical (unpaired) electrons. The van der Waals surface area contributed by atoms with Crippen LogP contribution in [0.5, 0.6) is 0 Å². The molecule has 0 bridgehead atoms. The van der Waals surface area contributed by atoms with Gasteiger partial charge in [0.05, 0.1) is 5.00 Å². The van der Waals surface area contributed by atoms with Crippen LogP contribution < -0.4 is 15.5 Å². The number of hydrogen-bond acceptors (Lipinski definition) is 4. The van der Waals surface area contributed by atoms with Crippen LogP contribution >= 0.6 is 11.3 Å². The average molecular weight is 392 g/mol. The van der Waals surface area contributed by atoms with Crippen LogP contribution in [0.4, 0.5) is 5.00 Å². The van der Waals surface area contributed by atoms with E-state index in [1.54, 1.807) is 0 Å². The number of thiophene rings is 1. The van der Waals surface area contributed by atoms with Gasteiger partial charge in [0, 0.05) is 38.8 Å². The first-order valence-electron chi connectivity index (χ1n) is 10.6. The number of nitrogens with one attached hydrogen (secondary N) is 2. The first kappa shape index (κ1) is 20.5. The van der Waals surface area contributed by atoms with Crippen molar-refractivity contribution in [2.45, 2.75) is 57.0 Å². The minimum atomic E-state index is 0.514. The highest BCUT2D eigenvalue weighted by Crippen LogP contribution is 2.28. The molecule has 6 heteroatoms. The summed E-state index contributed by atoms with van der Waals surface area (Å²) in [5, 5.41) is 10.9. The molecular weight excluding hydrogens is 354 g/mol. The largest absolute Gasteiger partial charge is 0.363 e. The van der Waals surface area contributed by atoms with E-state index >= 15 is 0 Å². The van der Waals surface area contributed by atoms with Crippen molar-refractivity contribution in [3.8, 4) is 0 Å². The van der Waals surface area contributed by atoms with Crippen molar-refractivity contribution >= 4 is 22.3 Å². The molecule has 1 atom stereocenters. The predicted octanol–water partition coefficient (Wildman–Crippen LogP) is 3.39. The highest BCUT2D eigenvalue weighted by Gasteiger charge is 2.26. The Kier molecular flexibility index (Phi) is 7.82. The van der Waals surface area contributed by atoms with Crippen molar-refractivity contribution in [1.29, 1.82) is 0 Å². The van der Waals surface area contributed by atoms with Gasteiger partial charge in [0.1, 0.15) is 0 Å². The lowest BCUT2D eigenvalue weighted by Crippen LogP contribution is -2.52. The molecule has 1 aliphatic carbocycles. The Hall–Kier alpha value is -1.27. The molecule has 0 aromatic carbocycles. The molecule has 2 N–H and O–H groups in total. The fourth-order valence-electron chi connectivity index (χ4n) is 4.57. The van der Waals surface area contributed by atoms with Crippen LogP contribution in [0.3, 0.4) is 0 Å². The van der Waals surface area contributed by atoms with E-state index < -0.39 is 0 Å². The summed E-state index contributed by atoms with van der Waals surface area (Å²) in [6, 6.07) is 5.47. The van der Waals surface area contributed by atoms with Crippen LogP contribution in [0.25, 0.3) is 0 Å². The maximum atomic E-state index is 4.49. The molecule has 1 saturated heterocycles. The van der Waals surface area contributed by atoms with E-state index in [0.717, 1.165) is 31.5 Å². The number of aliphatic imine (C=N–C) groups is 1. The van der Waals surface area contributed by atoms with Gasteiger partial charge in [-0.25, -0.2) is 0 Å². The van der Waals surface area contributed by atoms with E-state index in [2.05, 4.69) is 57.0 Å². The maximum absolute atomic E-state index is 4.49. The first-order valence-corrected chi connectivity index (χ1v) is 11.5. The number of likely N-dealkylation sites (N-methyl/N-ethyl adjacent to an activating group) is 1. The van der Waals surface area contributed by atoms with Gasteiger partial charge in [-0.15, -0.1) is 11.3 Å². The molecule has 27 heavy (non-hydrogen) atoms. The Morgan fingerprint density at radius 3 is 2.56 bits per heavy atom. The van der Waals surface area contributed by atoms with Crippen molar-refractivity contribution < 1.29 is 0 Å². The fourth-order valence-corrected chi connectivity index (χ4v) is 5.36. The molecular formula is C21H37N5S. The zero-order chi connectivity index (χ0) is 19.1. The second kappa shape index (κ2) is 10.3. The lowest BCUT2D eigenvalue weighted by molar-refractivity contribution is 0.171. The summed E-state index contributed by atoms with van der Waals surface area (Å²) in [6.07, 6.45) is 9.28. The summed E-state index contributed by atoms with van der Waals surface area (Å²) in [7, 11) is 6.33. The molecule has 1 aliphatic heterocycles. The van der Waals surface area contributed by atoms with E-state index in [1.165, 1.54) is 49.9 Å². The molecule has 3 rings (SSSR count). The molecule has 0 amide bonds. The number of anilines is 1. The molecule has 1 saturated carbocycles. The van der Waals surface area contributed by atoms with Crippen molar-refractivity contribution in [3.63, 3.8) is 0 Å². The third kappa shape index (κ3) is 5.85. The second-order valence-electron chi connectivity index (χ2n) is 8.24. The molecule has 2 fully saturated rings. The van der Waals surface area contributed by atoms with Gasteiger partial charge < -0.3 is 20.4 Å². The minimum Gasteiger partial charge on any atom is -0.363 e. The van der Waals surface area contributed by atoms with Crippen molar-refractivity contribution in [3.05, 3.63) is 17.5 Å². The summed E-state index contributed by atoms with van der Waals surface area (Å²) in [4.78, 5) is 9.39. The zero-order valence-electron chi connectivity index (χ0n) is 17.3. The van der Waals surface area contributed by atoms with Crippen LogP contribution in [0, 0.1) is 5.92 Å². The van der Waals surface area contributed by atoms with Crippen LogP contribution in [0.15, 0.2) is 22.5 Å². The number of piperidine rings is 1. The summed E-state index contributed by atoms with van der Waals surface area (Å²) in [5.74, 6) is 1.78. The molecule has 1 aromatic rings. The lowest BCUT2D eigenvalue weighted by Gasteiger charge is -2.36. The Morgan fingerprint density at radius 1 is 1.22 bits per heavy atom. The average Bonchev–Trinajstić information content (AvgIpc) is 3.23. The van der Waals surface area contributed by atoms with Gasteiger partial charge in [0.2, 0.25) is 0 Å². The topological polar surface area (TPSA) is 42.9 Å². The van der Waals surface area contributed by atoms with Gasteiger partial charge in [-0.1, -0.05) is 19.3 Å². The number of nitrogens with zero attached hydrogens (tertiary/aromatic N) is 3. The first-order chi connectivity index (χ1) is 13.2. The monoisotopic (exact) mass is 391 g/mol. The van der Waals surface area contributed by atoms with Gasteiger partial charge >= 0.3 is 0 Å². The van der Waals surface area contributed by atoms with Gasteiger partial charge in [-0.3, -0.25) is 4.99 Å². The van der Waals surface area contributed by atoms with Gasteiger partial charge in [-0.2, -0.15) is 0 Å². The predicted molar refractivity (Wildman–Crippen MR) is 118 cm³/mol. The van der Waals surface area contributed by atoms with Crippen molar-refractivity contribution in [1.82, 2.24) is 15.5 Å². The van der Waals surface area contributed by atoms with E-state index in [1.807, 2.05) is 18.4 Å². The molecule has 1 aromatic heterocycles. The van der Waals surface area contributed by atoms with Crippen LogP contribution in [-0.2, 0) is 0 Å². The van der Waals surface area contributed by atoms with Gasteiger partial charge in [0.15, 0.2) is 5.96 Å². The van der Waals surface area contributed by atoms with E-state index in [9.17, 15) is 0 Å². The smallest absolute Gasteiger partial charge is 0.191 e. The molecule has 2 aliphatic rings.